The molecule has 34 heavy (non-hydrogen) atoms. The highest BCUT2D eigenvalue weighted by Crippen LogP contribution is 2.38. The van der Waals surface area contributed by atoms with Gasteiger partial charge >= 0.3 is 0 Å². The third-order valence-corrected chi connectivity index (χ3v) is 7.91. The Kier molecular flexibility index (Phi) is 9.39. The molecule has 0 aliphatic rings. The summed E-state index contributed by atoms with van der Waals surface area (Å²) in [6.45, 7) is 9.49. The Morgan fingerprint density at radius 2 is 1.15 bits per heavy atom. The quantitative estimate of drug-likeness (QED) is 0.254. The van der Waals surface area contributed by atoms with Crippen molar-refractivity contribution in [1.82, 2.24) is 0 Å². The van der Waals surface area contributed by atoms with E-state index < -0.39 is 0 Å². The third kappa shape index (κ3) is 7.23. The second-order valence-corrected chi connectivity index (χ2v) is 11.2. The Morgan fingerprint density at radius 1 is 0.618 bits per heavy atom. The zero-order valence-electron chi connectivity index (χ0n) is 21.8. The van der Waals surface area contributed by atoms with E-state index in [1.165, 1.54) is 56.1 Å². The van der Waals surface area contributed by atoms with Gasteiger partial charge in [0.2, 0.25) is 0 Å². The monoisotopic (exact) mass is 456 g/mol. The SMILES string of the molecule is CC(C)(CCCCCCCC(Cc1ccccc1O)C(C)(C)c1ccccc1)c1ccccc1. The average Bonchev–Trinajstić information content (AvgIpc) is 2.85. The molecular weight excluding hydrogens is 412 g/mol. The number of hydrogen-bond donors (Lipinski definition) is 1. The fraction of sp³-hybridized carbons (Fsp3) is 0.455. The fourth-order valence-electron chi connectivity index (χ4n) is 5.29. The van der Waals surface area contributed by atoms with Gasteiger partial charge in [-0.1, -0.05) is 139 Å². The summed E-state index contributed by atoms with van der Waals surface area (Å²) in [5, 5.41) is 10.4. The number of phenols is 1. The highest BCUT2D eigenvalue weighted by atomic mass is 16.3. The van der Waals surface area contributed by atoms with E-state index in [1.54, 1.807) is 0 Å². The molecule has 1 nitrogen and oxygen atoms in total. The van der Waals surface area contributed by atoms with Crippen molar-refractivity contribution >= 4 is 0 Å². The fourth-order valence-corrected chi connectivity index (χ4v) is 5.29. The van der Waals surface area contributed by atoms with Crippen LogP contribution >= 0.6 is 0 Å². The van der Waals surface area contributed by atoms with Gasteiger partial charge in [0.05, 0.1) is 0 Å². The van der Waals surface area contributed by atoms with E-state index in [4.69, 9.17) is 0 Å². The number of phenolic OH excluding ortho intramolecular Hbond substituents is 1. The lowest BCUT2D eigenvalue weighted by atomic mass is 9.69. The Labute approximate surface area is 208 Å². The molecule has 0 spiro atoms. The van der Waals surface area contributed by atoms with E-state index in [-0.39, 0.29) is 10.8 Å². The number of unbranched alkanes of at least 4 members (excludes halogenated alkanes) is 4. The van der Waals surface area contributed by atoms with Crippen LogP contribution in [0, 0.1) is 5.92 Å². The smallest absolute Gasteiger partial charge is 0.118 e. The maximum atomic E-state index is 10.4. The minimum Gasteiger partial charge on any atom is -0.508 e. The molecule has 0 aliphatic carbocycles. The van der Waals surface area contributed by atoms with Gasteiger partial charge in [-0.15, -0.1) is 0 Å². The van der Waals surface area contributed by atoms with Crippen molar-refractivity contribution in [2.45, 2.75) is 89.9 Å². The van der Waals surface area contributed by atoms with Gasteiger partial charge in [-0.25, -0.2) is 0 Å². The molecule has 0 fully saturated rings. The molecule has 3 aromatic carbocycles. The van der Waals surface area contributed by atoms with Crippen LogP contribution in [0.4, 0.5) is 0 Å². The minimum atomic E-state index is 0.0588. The zero-order chi connectivity index (χ0) is 24.4. The molecule has 0 amide bonds. The van der Waals surface area contributed by atoms with E-state index in [0.29, 0.717) is 11.7 Å². The molecule has 1 atom stereocenters. The normalized spacial score (nSPS) is 13.1. The number of para-hydroxylation sites is 1. The summed E-state index contributed by atoms with van der Waals surface area (Å²) in [6.07, 6.45) is 9.78. The lowest BCUT2D eigenvalue weighted by molar-refractivity contribution is 0.283. The summed E-state index contributed by atoms with van der Waals surface area (Å²) < 4.78 is 0. The molecule has 182 valence electrons. The summed E-state index contributed by atoms with van der Waals surface area (Å²) in [5.74, 6) is 0.914. The maximum Gasteiger partial charge on any atom is 0.118 e. The first-order chi connectivity index (χ1) is 16.3. The highest BCUT2D eigenvalue weighted by Gasteiger charge is 2.31. The number of aromatic hydroxyl groups is 1. The number of rotatable bonds is 13. The highest BCUT2D eigenvalue weighted by molar-refractivity contribution is 5.33. The lowest BCUT2D eigenvalue weighted by Crippen LogP contribution is -2.30. The van der Waals surface area contributed by atoms with Gasteiger partial charge in [0, 0.05) is 0 Å². The topological polar surface area (TPSA) is 20.2 Å². The van der Waals surface area contributed by atoms with Gasteiger partial charge in [-0.3, -0.25) is 0 Å². The second-order valence-electron chi connectivity index (χ2n) is 11.2. The van der Waals surface area contributed by atoms with E-state index in [2.05, 4.69) is 94.4 Å². The molecule has 0 aliphatic heterocycles. The van der Waals surface area contributed by atoms with Crippen molar-refractivity contribution < 1.29 is 5.11 Å². The predicted molar refractivity (Wildman–Crippen MR) is 147 cm³/mol. The van der Waals surface area contributed by atoms with E-state index >= 15 is 0 Å². The maximum absolute atomic E-state index is 10.4. The molecule has 3 rings (SSSR count). The van der Waals surface area contributed by atoms with Crippen LogP contribution in [0.1, 0.15) is 89.3 Å². The molecule has 0 aromatic heterocycles. The van der Waals surface area contributed by atoms with Gasteiger partial charge < -0.3 is 5.11 Å². The predicted octanol–water partition coefficient (Wildman–Crippen LogP) is 9.24. The van der Waals surface area contributed by atoms with E-state index in [1.807, 2.05) is 18.2 Å². The Balaban J connectivity index is 1.51. The summed E-state index contributed by atoms with van der Waals surface area (Å²) in [5.41, 5.74) is 4.22. The molecule has 1 unspecified atom stereocenters. The van der Waals surface area contributed by atoms with Crippen LogP contribution in [-0.4, -0.2) is 5.11 Å². The van der Waals surface area contributed by atoms with E-state index in [0.717, 1.165) is 12.0 Å². The van der Waals surface area contributed by atoms with Gasteiger partial charge in [0.25, 0.3) is 0 Å². The minimum absolute atomic E-state index is 0.0588. The van der Waals surface area contributed by atoms with Gasteiger partial charge in [0.15, 0.2) is 0 Å². The van der Waals surface area contributed by atoms with Crippen molar-refractivity contribution in [1.29, 1.82) is 0 Å². The molecule has 1 N–H and O–H groups in total. The van der Waals surface area contributed by atoms with Crippen molar-refractivity contribution in [2.75, 3.05) is 0 Å². The first-order valence-electron chi connectivity index (χ1n) is 13.2. The van der Waals surface area contributed by atoms with Gasteiger partial charge in [0.1, 0.15) is 5.75 Å². The summed E-state index contributed by atoms with van der Waals surface area (Å²) in [7, 11) is 0. The van der Waals surface area contributed by atoms with Crippen molar-refractivity contribution in [3.63, 3.8) is 0 Å². The average molecular weight is 457 g/mol. The molecule has 0 saturated heterocycles. The Morgan fingerprint density at radius 3 is 1.79 bits per heavy atom. The second kappa shape index (κ2) is 12.2. The molecule has 1 heteroatoms. The Bertz CT molecular complexity index is 972. The largest absolute Gasteiger partial charge is 0.508 e. The van der Waals surface area contributed by atoms with Crippen LogP contribution in [0.5, 0.6) is 5.75 Å². The molecule has 0 saturated carbocycles. The lowest BCUT2D eigenvalue weighted by Gasteiger charge is -2.36. The van der Waals surface area contributed by atoms with Crippen molar-refractivity contribution in [2.24, 2.45) is 5.92 Å². The van der Waals surface area contributed by atoms with Gasteiger partial charge in [-0.05, 0) is 58.8 Å². The van der Waals surface area contributed by atoms with Crippen molar-refractivity contribution in [3.05, 3.63) is 102 Å². The Hall–Kier alpha value is -2.54. The van der Waals surface area contributed by atoms with Crippen LogP contribution < -0.4 is 0 Å². The number of hydrogen-bond acceptors (Lipinski definition) is 1. The van der Waals surface area contributed by atoms with E-state index in [9.17, 15) is 5.11 Å². The van der Waals surface area contributed by atoms with Crippen molar-refractivity contribution in [3.8, 4) is 5.75 Å². The first kappa shape index (κ1) is 26.1. The molecule has 3 aromatic rings. The van der Waals surface area contributed by atoms with Crippen LogP contribution in [-0.2, 0) is 17.3 Å². The summed E-state index contributed by atoms with van der Waals surface area (Å²) in [4.78, 5) is 0. The first-order valence-corrected chi connectivity index (χ1v) is 13.2. The summed E-state index contributed by atoms with van der Waals surface area (Å²) in [6, 6.07) is 29.7. The van der Waals surface area contributed by atoms with Crippen LogP contribution in [0.3, 0.4) is 0 Å². The zero-order valence-corrected chi connectivity index (χ0v) is 21.8. The summed E-state index contributed by atoms with van der Waals surface area (Å²) >= 11 is 0. The van der Waals surface area contributed by atoms with Gasteiger partial charge in [-0.2, -0.15) is 0 Å². The van der Waals surface area contributed by atoms with Crippen LogP contribution in [0.2, 0.25) is 0 Å². The number of benzene rings is 3. The van der Waals surface area contributed by atoms with Crippen LogP contribution in [0.15, 0.2) is 84.9 Å². The molecule has 0 bridgehead atoms. The standard InChI is InChI=1S/C33H44O/c1-32(2,28-19-11-8-12-20-28)25-17-7-5-6-10-23-30(26-27-18-15-16-24-31(27)34)33(3,4)29-21-13-9-14-22-29/h8-9,11-16,18-22,24,30,34H,5-7,10,17,23,25-26H2,1-4H3. The van der Waals surface area contributed by atoms with Crippen LogP contribution in [0.25, 0.3) is 0 Å². The molecule has 0 radical (unpaired) electrons. The molecule has 0 heterocycles. The third-order valence-electron chi connectivity index (χ3n) is 7.91. The molecular formula is C33H44O.